The van der Waals surface area contributed by atoms with Gasteiger partial charge in [0.15, 0.2) is 0 Å². The Morgan fingerprint density at radius 1 is 1.19 bits per heavy atom. The van der Waals surface area contributed by atoms with Gasteiger partial charge in [0.2, 0.25) is 0 Å². The van der Waals surface area contributed by atoms with Crippen molar-refractivity contribution in [2.45, 2.75) is 6.92 Å². The first-order chi connectivity index (χ1) is 10.2. The van der Waals surface area contributed by atoms with Crippen LogP contribution in [0, 0.1) is 6.92 Å². The number of amides is 1. The highest BCUT2D eigenvalue weighted by Gasteiger charge is 2.12. The molecule has 0 fully saturated rings. The molecule has 3 rings (SSSR count). The number of rotatable bonds is 3. The molecule has 21 heavy (non-hydrogen) atoms. The van der Waals surface area contributed by atoms with Gasteiger partial charge in [0.05, 0.1) is 18.1 Å². The van der Waals surface area contributed by atoms with E-state index in [0.29, 0.717) is 5.56 Å². The van der Waals surface area contributed by atoms with Crippen LogP contribution in [0.2, 0.25) is 0 Å². The van der Waals surface area contributed by atoms with Crippen molar-refractivity contribution in [3.63, 3.8) is 0 Å². The van der Waals surface area contributed by atoms with Crippen molar-refractivity contribution >= 4 is 16.9 Å². The van der Waals surface area contributed by atoms with E-state index < -0.39 is 0 Å². The van der Waals surface area contributed by atoms with Crippen molar-refractivity contribution in [2.75, 3.05) is 7.11 Å². The van der Waals surface area contributed by atoms with Crippen LogP contribution in [0.15, 0.2) is 48.5 Å². The third kappa shape index (κ3) is 2.39. The number of hydrogen-bond acceptors (Lipinski definition) is 3. The molecule has 106 valence electrons. The predicted molar refractivity (Wildman–Crippen MR) is 80.3 cm³/mol. The van der Waals surface area contributed by atoms with Crippen molar-refractivity contribution in [3.05, 3.63) is 59.9 Å². The molecule has 2 aromatic carbocycles. The van der Waals surface area contributed by atoms with Gasteiger partial charge in [-0.15, -0.1) is 0 Å². The summed E-state index contributed by atoms with van der Waals surface area (Å²) in [6, 6.07) is 15.4. The second-order valence-electron chi connectivity index (χ2n) is 4.67. The average molecular weight is 281 g/mol. The lowest BCUT2D eigenvalue weighted by atomic mass is 10.2. The number of nitrogens with zero attached hydrogens (tertiary/aromatic N) is 2. The first kappa shape index (κ1) is 13.3. The topological polar surface area (TPSA) is 56.1 Å². The minimum Gasteiger partial charge on any atom is -0.297 e. The number of imidazole rings is 1. The van der Waals surface area contributed by atoms with Crippen LogP contribution in [0.5, 0.6) is 0 Å². The molecule has 0 radical (unpaired) electrons. The quantitative estimate of drug-likeness (QED) is 0.751. The van der Waals surface area contributed by atoms with Crippen molar-refractivity contribution in [1.82, 2.24) is 15.0 Å². The zero-order valence-electron chi connectivity index (χ0n) is 11.8. The van der Waals surface area contributed by atoms with Crippen LogP contribution in [0.4, 0.5) is 0 Å². The van der Waals surface area contributed by atoms with Gasteiger partial charge < -0.3 is 0 Å². The Hall–Kier alpha value is -2.66. The van der Waals surface area contributed by atoms with E-state index in [9.17, 15) is 4.79 Å². The van der Waals surface area contributed by atoms with Crippen LogP contribution in [0.3, 0.4) is 0 Å². The summed E-state index contributed by atoms with van der Waals surface area (Å²) in [5, 5.41) is 0. The van der Waals surface area contributed by atoms with E-state index in [1.165, 1.54) is 7.11 Å². The molecule has 3 aromatic rings. The van der Waals surface area contributed by atoms with E-state index >= 15 is 0 Å². The van der Waals surface area contributed by atoms with Gasteiger partial charge in [0, 0.05) is 11.3 Å². The van der Waals surface area contributed by atoms with E-state index in [4.69, 9.17) is 0 Å². The molecule has 0 spiro atoms. The number of carbonyl (C=O) groups is 1. The first-order valence-electron chi connectivity index (χ1n) is 6.58. The highest BCUT2D eigenvalue weighted by atomic mass is 16.6. The third-order valence-corrected chi connectivity index (χ3v) is 3.29. The van der Waals surface area contributed by atoms with Crippen LogP contribution in [0.25, 0.3) is 16.7 Å². The van der Waals surface area contributed by atoms with E-state index in [1.54, 1.807) is 12.1 Å². The molecule has 5 heteroatoms. The summed E-state index contributed by atoms with van der Waals surface area (Å²) >= 11 is 0. The third-order valence-electron chi connectivity index (χ3n) is 3.29. The SMILES string of the molecule is CONC(=O)c1ccc2c(c1)nc(C)n2-c1ccccc1. The van der Waals surface area contributed by atoms with Gasteiger partial charge in [-0.25, -0.2) is 10.5 Å². The number of hydroxylamine groups is 1. The number of benzene rings is 2. The molecule has 0 aliphatic carbocycles. The van der Waals surface area contributed by atoms with Gasteiger partial charge in [0.25, 0.3) is 5.91 Å². The molecule has 0 saturated heterocycles. The molecular weight excluding hydrogens is 266 g/mol. The van der Waals surface area contributed by atoms with Gasteiger partial charge in [-0.1, -0.05) is 18.2 Å². The van der Waals surface area contributed by atoms with Crippen LogP contribution < -0.4 is 5.48 Å². The van der Waals surface area contributed by atoms with E-state index in [1.807, 2.05) is 43.3 Å². The Kier molecular flexibility index (Phi) is 3.41. The van der Waals surface area contributed by atoms with E-state index in [-0.39, 0.29) is 5.91 Å². The monoisotopic (exact) mass is 281 g/mol. The molecule has 1 heterocycles. The summed E-state index contributed by atoms with van der Waals surface area (Å²) in [6.07, 6.45) is 0. The zero-order chi connectivity index (χ0) is 14.8. The number of aromatic nitrogens is 2. The highest BCUT2D eigenvalue weighted by Crippen LogP contribution is 2.22. The van der Waals surface area contributed by atoms with Gasteiger partial charge in [-0.2, -0.15) is 0 Å². The van der Waals surface area contributed by atoms with Crippen LogP contribution in [-0.2, 0) is 4.84 Å². The molecule has 0 unspecified atom stereocenters. The molecular formula is C16H15N3O2. The summed E-state index contributed by atoms with van der Waals surface area (Å²) in [7, 11) is 1.41. The Balaban J connectivity index is 2.12. The lowest BCUT2D eigenvalue weighted by Crippen LogP contribution is -2.21. The maximum atomic E-state index is 11.8. The van der Waals surface area contributed by atoms with Gasteiger partial charge in [0.1, 0.15) is 5.82 Å². The fourth-order valence-corrected chi connectivity index (χ4v) is 2.40. The molecule has 0 bridgehead atoms. The largest absolute Gasteiger partial charge is 0.297 e. The van der Waals surface area contributed by atoms with Crippen molar-refractivity contribution in [1.29, 1.82) is 0 Å². The minimum absolute atomic E-state index is 0.286. The Morgan fingerprint density at radius 3 is 2.67 bits per heavy atom. The molecule has 1 amide bonds. The Labute approximate surface area is 122 Å². The van der Waals surface area contributed by atoms with Crippen LogP contribution >= 0.6 is 0 Å². The first-order valence-corrected chi connectivity index (χ1v) is 6.58. The maximum absolute atomic E-state index is 11.8. The summed E-state index contributed by atoms with van der Waals surface area (Å²) in [6.45, 7) is 1.95. The van der Waals surface area contributed by atoms with Crippen molar-refractivity contribution in [3.8, 4) is 5.69 Å². The number of fused-ring (bicyclic) bond motifs is 1. The summed E-state index contributed by atoms with van der Waals surface area (Å²) in [5.74, 6) is 0.590. The predicted octanol–water partition coefficient (Wildman–Crippen LogP) is 2.63. The second kappa shape index (κ2) is 5.38. The van der Waals surface area contributed by atoms with Crippen LogP contribution in [0.1, 0.15) is 16.2 Å². The second-order valence-corrected chi connectivity index (χ2v) is 4.67. The summed E-state index contributed by atoms with van der Waals surface area (Å²) in [4.78, 5) is 21.0. The average Bonchev–Trinajstić information content (AvgIpc) is 2.83. The number of nitrogens with one attached hydrogen (secondary N) is 1. The molecule has 0 atom stereocenters. The zero-order valence-corrected chi connectivity index (χ0v) is 11.8. The number of aryl methyl sites for hydroxylation is 1. The minimum atomic E-state index is -0.286. The molecule has 1 N–H and O–H groups in total. The fourth-order valence-electron chi connectivity index (χ4n) is 2.40. The van der Waals surface area contributed by atoms with Crippen LogP contribution in [-0.4, -0.2) is 22.6 Å². The number of carbonyl (C=O) groups excluding carboxylic acids is 1. The molecule has 0 aliphatic rings. The van der Waals surface area contributed by atoms with E-state index in [0.717, 1.165) is 22.5 Å². The maximum Gasteiger partial charge on any atom is 0.274 e. The van der Waals surface area contributed by atoms with Gasteiger partial charge in [-0.05, 0) is 37.3 Å². The standard InChI is InChI=1S/C16H15N3O2/c1-11-17-14-10-12(16(20)18-21-2)8-9-15(14)19(11)13-6-4-3-5-7-13/h3-10H,1-2H3,(H,18,20). The Bertz CT molecular complexity index is 794. The Morgan fingerprint density at radius 2 is 1.95 bits per heavy atom. The highest BCUT2D eigenvalue weighted by molar-refractivity contribution is 5.97. The smallest absolute Gasteiger partial charge is 0.274 e. The number of hydrogen-bond donors (Lipinski definition) is 1. The summed E-state index contributed by atoms with van der Waals surface area (Å²) in [5.41, 5.74) is 5.61. The summed E-state index contributed by atoms with van der Waals surface area (Å²) < 4.78 is 2.06. The number of para-hydroxylation sites is 1. The van der Waals surface area contributed by atoms with Gasteiger partial charge in [-0.3, -0.25) is 14.2 Å². The molecule has 0 saturated carbocycles. The normalized spacial score (nSPS) is 10.8. The molecule has 1 aromatic heterocycles. The fraction of sp³-hybridized carbons (Fsp3) is 0.125. The van der Waals surface area contributed by atoms with Gasteiger partial charge >= 0.3 is 0 Å². The van der Waals surface area contributed by atoms with Crippen molar-refractivity contribution in [2.24, 2.45) is 0 Å². The van der Waals surface area contributed by atoms with Crippen molar-refractivity contribution < 1.29 is 9.63 Å². The lowest BCUT2D eigenvalue weighted by molar-refractivity contribution is 0.0538. The van der Waals surface area contributed by atoms with E-state index in [2.05, 4.69) is 19.9 Å². The molecule has 0 aliphatic heterocycles. The molecule has 5 nitrogen and oxygen atoms in total. The lowest BCUT2D eigenvalue weighted by Gasteiger charge is -2.07.